The van der Waals surface area contributed by atoms with E-state index in [4.69, 9.17) is 11.6 Å². The smallest absolute Gasteiger partial charge is 0.0841 e. The zero-order chi connectivity index (χ0) is 12.5. The van der Waals surface area contributed by atoms with E-state index in [0.717, 1.165) is 22.7 Å². The minimum Gasteiger partial charge on any atom is -0.386 e. The largest absolute Gasteiger partial charge is 0.386 e. The Morgan fingerprint density at radius 1 is 1.29 bits per heavy atom. The SMILES string of the molecule is CC(C)(O)c1ccc(CN2CCCC2)c(Cl)c1. The molecule has 1 aromatic rings. The van der Waals surface area contributed by atoms with Crippen LogP contribution in [0.2, 0.25) is 5.02 Å². The highest BCUT2D eigenvalue weighted by atomic mass is 35.5. The van der Waals surface area contributed by atoms with Gasteiger partial charge < -0.3 is 5.11 Å². The molecule has 94 valence electrons. The lowest BCUT2D eigenvalue weighted by atomic mass is 9.97. The maximum atomic E-state index is 9.92. The van der Waals surface area contributed by atoms with Gasteiger partial charge in [0.2, 0.25) is 0 Å². The Labute approximate surface area is 108 Å². The number of aliphatic hydroxyl groups is 1. The van der Waals surface area contributed by atoms with Gasteiger partial charge in [0.15, 0.2) is 0 Å². The van der Waals surface area contributed by atoms with Crippen LogP contribution < -0.4 is 0 Å². The van der Waals surface area contributed by atoms with Crippen LogP contribution in [-0.2, 0) is 12.1 Å². The minimum atomic E-state index is -0.824. The summed E-state index contributed by atoms with van der Waals surface area (Å²) in [5.74, 6) is 0. The Hall–Kier alpha value is -0.570. The molecule has 1 saturated heterocycles. The molecular weight excluding hydrogens is 234 g/mol. The van der Waals surface area contributed by atoms with Crippen molar-refractivity contribution in [3.63, 3.8) is 0 Å². The van der Waals surface area contributed by atoms with Crippen LogP contribution in [0, 0.1) is 0 Å². The Morgan fingerprint density at radius 2 is 1.94 bits per heavy atom. The van der Waals surface area contributed by atoms with Crippen molar-refractivity contribution in [2.45, 2.75) is 38.8 Å². The summed E-state index contributed by atoms with van der Waals surface area (Å²) in [6.07, 6.45) is 2.58. The molecule has 0 aliphatic carbocycles. The summed E-state index contributed by atoms with van der Waals surface area (Å²) in [5, 5.41) is 10.7. The van der Waals surface area contributed by atoms with Gasteiger partial charge >= 0.3 is 0 Å². The summed E-state index contributed by atoms with van der Waals surface area (Å²) in [4.78, 5) is 2.42. The van der Waals surface area contributed by atoms with Crippen molar-refractivity contribution in [2.75, 3.05) is 13.1 Å². The minimum absolute atomic E-state index is 0.761. The van der Waals surface area contributed by atoms with Crippen LogP contribution >= 0.6 is 11.6 Å². The monoisotopic (exact) mass is 253 g/mol. The first-order valence-corrected chi connectivity index (χ1v) is 6.58. The molecule has 1 aromatic carbocycles. The number of likely N-dealkylation sites (tertiary alicyclic amines) is 1. The first-order chi connectivity index (χ1) is 7.97. The van der Waals surface area contributed by atoms with E-state index in [9.17, 15) is 5.11 Å². The third-order valence-corrected chi connectivity index (χ3v) is 3.70. The number of halogens is 1. The molecule has 3 heteroatoms. The fourth-order valence-corrected chi connectivity index (χ4v) is 2.48. The molecule has 0 saturated carbocycles. The van der Waals surface area contributed by atoms with Crippen LogP contribution in [0.25, 0.3) is 0 Å². The van der Waals surface area contributed by atoms with E-state index in [1.807, 2.05) is 18.2 Å². The second-order valence-corrected chi connectivity index (χ2v) is 5.76. The normalized spacial score (nSPS) is 17.6. The molecule has 1 N–H and O–H groups in total. The number of benzene rings is 1. The molecule has 0 amide bonds. The third kappa shape index (κ3) is 3.21. The average molecular weight is 254 g/mol. The molecular formula is C14H20ClNO. The topological polar surface area (TPSA) is 23.5 Å². The van der Waals surface area contributed by atoms with Gasteiger partial charge in [-0.15, -0.1) is 0 Å². The maximum Gasteiger partial charge on any atom is 0.0841 e. The highest BCUT2D eigenvalue weighted by molar-refractivity contribution is 6.31. The van der Waals surface area contributed by atoms with Crippen molar-refractivity contribution in [3.8, 4) is 0 Å². The average Bonchev–Trinajstić information content (AvgIpc) is 2.72. The number of hydrogen-bond acceptors (Lipinski definition) is 2. The molecule has 0 radical (unpaired) electrons. The van der Waals surface area contributed by atoms with Crippen molar-refractivity contribution >= 4 is 11.6 Å². The Bertz CT molecular complexity index is 392. The predicted octanol–water partition coefficient (Wildman–Crippen LogP) is 3.16. The van der Waals surface area contributed by atoms with Crippen LogP contribution in [0.15, 0.2) is 18.2 Å². The van der Waals surface area contributed by atoms with Crippen LogP contribution in [0.4, 0.5) is 0 Å². The van der Waals surface area contributed by atoms with Crippen molar-refractivity contribution in [2.24, 2.45) is 0 Å². The first kappa shape index (κ1) is 12.9. The summed E-state index contributed by atoms with van der Waals surface area (Å²) < 4.78 is 0. The van der Waals surface area contributed by atoms with Gasteiger partial charge in [-0.2, -0.15) is 0 Å². The van der Waals surface area contributed by atoms with Crippen LogP contribution in [0.5, 0.6) is 0 Å². The fraction of sp³-hybridized carbons (Fsp3) is 0.571. The van der Waals surface area contributed by atoms with Crippen molar-refractivity contribution < 1.29 is 5.11 Å². The maximum absolute atomic E-state index is 9.92. The molecule has 1 heterocycles. The zero-order valence-corrected chi connectivity index (χ0v) is 11.3. The summed E-state index contributed by atoms with van der Waals surface area (Å²) >= 11 is 6.28. The van der Waals surface area contributed by atoms with Gasteiger partial charge in [0.25, 0.3) is 0 Å². The molecule has 2 nitrogen and oxygen atoms in total. The quantitative estimate of drug-likeness (QED) is 0.895. The van der Waals surface area contributed by atoms with Gasteiger partial charge in [0.05, 0.1) is 5.60 Å². The lowest BCUT2D eigenvalue weighted by Gasteiger charge is -2.20. The molecule has 2 rings (SSSR count). The number of nitrogens with zero attached hydrogens (tertiary/aromatic N) is 1. The highest BCUT2D eigenvalue weighted by Crippen LogP contribution is 2.27. The predicted molar refractivity (Wildman–Crippen MR) is 71.2 cm³/mol. The van der Waals surface area contributed by atoms with Crippen LogP contribution in [0.1, 0.15) is 37.8 Å². The second-order valence-electron chi connectivity index (χ2n) is 5.35. The fourth-order valence-electron chi connectivity index (χ4n) is 2.24. The van der Waals surface area contributed by atoms with E-state index in [2.05, 4.69) is 4.90 Å². The molecule has 1 aliphatic rings. The van der Waals surface area contributed by atoms with Crippen molar-refractivity contribution in [1.82, 2.24) is 4.90 Å². The molecule has 0 spiro atoms. The van der Waals surface area contributed by atoms with Crippen LogP contribution in [-0.4, -0.2) is 23.1 Å². The Balaban J connectivity index is 2.14. The van der Waals surface area contributed by atoms with E-state index in [1.54, 1.807) is 13.8 Å². The molecule has 0 atom stereocenters. The summed E-state index contributed by atoms with van der Waals surface area (Å²) in [7, 11) is 0. The van der Waals surface area contributed by atoms with Gasteiger partial charge in [-0.25, -0.2) is 0 Å². The van der Waals surface area contributed by atoms with E-state index >= 15 is 0 Å². The van der Waals surface area contributed by atoms with Gasteiger partial charge in [0, 0.05) is 11.6 Å². The van der Waals surface area contributed by atoms with Crippen LogP contribution in [0.3, 0.4) is 0 Å². The molecule has 17 heavy (non-hydrogen) atoms. The summed E-state index contributed by atoms with van der Waals surface area (Å²) in [6.45, 7) is 6.82. The van der Waals surface area contributed by atoms with Gasteiger partial charge in [-0.3, -0.25) is 4.90 Å². The van der Waals surface area contributed by atoms with Crippen molar-refractivity contribution in [1.29, 1.82) is 0 Å². The van der Waals surface area contributed by atoms with Gasteiger partial charge in [-0.1, -0.05) is 23.7 Å². The molecule has 1 aliphatic heterocycles. The van der Waals surface area contributed by atoms with E-state index in [1.165, 1.54) is 25.9 Å². The lowest BCUT2D eigenvalue weighted by molar-refractivity contribution is 0.0786. The molecule has 0 aromatic heterocycles. The second kappa shape index (κ2) is 4.97. The summed E-state index contributed by atoms with van der Waals surface area (Å²) in [6, 6.07) is 5.89. The van der Waals surface area contributed by atoms with Gasteiger partial charge in [0.1, 0.15) is 0 Å². The molecule has 0 bridgehead atoms. The molecule has 1 fully saturated rings. The van der Waals surface area contributed by atoms with Gasteiger partial charge in [-0.05, 0) is 57.0 Å². The number of hydrogen-bond donors (Lipinski definition) is 1. The third-order valence-electron chi connectivity index (χ3n) is 3.35. The number of rotatable bonds is 3. The zero-order valence-electron chi connectivity index (χ0n) is 10.5. The lowest BCUT2D eigenvalue weighted by Crippen LogP contribution is -2.19. The van der Waals surface area contributed by atoms with Crippen molar-refractivity contribution in [3.05, 3.63) is 34.3 Å². The first-order valence-electron chi connectivity index (χ1n) is 6.20. The van der Waals surface area contributed by atoms with E-state index in [0.29, 0.717) is 0 Å². The van der Waals surface area contributed by atoms with E-state index < -0.39 is 5.60 Å². The van der Waals surface area contributed by atoms with E-state index in [-0.39, 0.29) is 0 Å². The Morgan fingerprint density at radius 3 is 2.47 bits per heavy atom. The Kier molecular flexibility index (Phi) is 3.76. The summed E-state index contributed by atoms with van der Waals surface area (Å²) in [5.41, 5.74) is 1.20. The standard InChI is InChI=1S/C14H20ClNO/c1-14(2,17)12-6-5-11(13(15)9-12)10-16-7-3-4-8-16/h5-6,9,17H,3-4,7-8,10H2,1-2H3. The highest BCUT2D eigenvalue weighted by Gasteiger charge is 2.18. The molecule has 0 unspecified atom stereocenters.